The summed E-state index contributed by atoms with van der Waals surface area (Å²) in [5.41, 5.74) is 1.72. The molecule has 0 spiro atoms. The van der Waals surface area contributed by atoms with Crippen LogP contribution >= 0.6 is 11.6 Å². The van der Waals surface area contributed by atoms with Crippen molar-refractivity contribution < 1.29 is 17.8 Å². The molecule has 1 N–H and O–H groups in total. The summed E-state index contributed by atoms with van der Waals surface area (Å²) in [5, 5.41) is 0. The molecule has 0 atom stereocenters. The van der Waals surface area contributed by atoms with E-state index in [2.05, 4.69) is 0 Å². The van der Waals surface area contributed by atoms with E-state index >= 15 is 0 Å². The fraction of sp³-hybridized carbons (Fsp3) is 0.462. The van der Waals surface area contributed by atoms with Crippen LogP contribution in [0.2, 0.25) is 0 Å². The average Bonchev–Trinajstić information content (AvgIpc) is 2.41. The van der Waals surface area contributed by atoms with Crippen molar-refractivity contribution in [3.05, 3.63) is 29.8 Å². The number of rotatable bonds is 7. The molecule has 0 aliphatic carbocycles. The normalized spacial score (nSPS) is 11.3. The van der Waals surface area contributed by atoms with E-state index in [1.807, 2.05) is 25.1 Å². The van der Waals surface area contributed by atoms with Gasteiger partial charge in [0.1, 0.15) is 5.88 Å². The second-order valence-corrected chi connectivity index (χ2v) is 6.14. The molecular weight excluding hydrogens is 302 g/mol. The van der Waals surface area contributed by atoms with Crippen molar-refractivity contribution in [2.75, 3.05) is 23.1 Å². The molecule has 1 aromatic carbocycles. The third kappa shape index (κ3) is 5.11. The molecular formula is C13H18ClNO4S. The summed E-state index contributed by atoms with van der Waals surface area (Å²) in [6.07, 6.45) is 0.903. The molecule has 0 heterocycles. The highest BCUT2D eigenvalue weighted by molar-refractivity contribution is 7.85. The van der Waals surface area contributed by atoms with E-state index in [0.717, 1.165) is 17.7 Å². The van der Waals surface area contributed by atoms with Crippen LogP contribution in [0.5, 0.6) is 0 Å². The number of anilines is 1. The minimum atomic E-state index is -4.02. The number of hydrogen-bond donors (Lipinski definition) is 1. The number of amides is 1. The van der Waals surface area contributed by atoms with Crippen molar-refractivity contribution in [3.8, 4) is 0 Å². The van der Waals surface area contributed by atoms with Crippen LogP contribution in [0.15, 0.2) is 24.3 Å². The second-order valence-electron chi connectivity index (χ2n) is 4.30. The molecule has 0 saturated carbocycles. The van der Waals surface area contributed by atoms with E-state index in [9.17, 15) is 13.2 Å². The van der Waals surface area contributed by atoms with Crippen LogP contribution in [-0.4, -0.2) is 37.1 Å². The van der Waals surface area contributed by atoms with Gasteiger partial charge >= 0.3 is 0 Å². The summed E-state index contributed by atoms with van der Waals surface area (Å²) in [7, 11) is -4.02. The highest BCUT2D eigenvalue weighted by Crippen LogP contribution is 2.21. The molecule has 0 aromatic heterocycles. The van der Waals surface area contributed by atoms with Gasteiger partial charge in [0.05, 0.1) is 5.75 Å². The number of aryl methyl sites for hydroxylation is 1. The molecule has 7 heteroatoms. The zero-order valence-electron chi connectivity index (χ0n) is 11.3. The molecule has 112 valence electrons. The van der Waals surface area contributed by atoms with Crippen molar-refractivity contribution in [2.45, 2.75) is 19.8 Å². The van der Waals surface area contributed by atoms with Crippen LogP contribution in [0.3, 0.4) is 0 Å². The van der Waals surface area contributed by atoms with Crippen molar-refractivity contribution in [1.29, 1.82) is 0 Å². The fourth-order valence-electron chi connectivity index (χ4n) is 1.93. The maximum Gasteiger partial charge on any atom is 0.264 e. The fourth-order valence-corrected chi connectivity index (χ4v) is 2.57. The Balaban J connectivity index is 2.92. The molecule has 0 bridgehead atoms. The van der Waals surface area contributed by atoms with Gasteiger partial charge in [0, 0.05) is 12.2 Å². The van der Waals surface area contributed by atoms with Gasteiger partial charge in [0.25, 0.3) is 10.1 Å². The first kappa shape index (κ1) is 16.9. The summed E-state index contributed by atoms with van der Waals surface area (Å²) in [6.45, 7) is 2.17. The lowest BCUT2D eigenvalue weighted by Crippen LogP contribution is -2.34. The van der Waals surface area contributed by atoms with Gasteiger partial charge < -0.3 is 4.90 Å². The number of carbonyl (C=O) groups is 1. The van der Waals surface area contributed by atoms with Gasteiger partial charge in [-0.1, -0.05) is 25.1 Å². The van der Waals surface area contributed by atoms with Gasteiger partial charge in [-0.2, -0.15) is 8.42 Å². The van der Waals surface area contributed by atoms with Crippen molar-refractivity contribution in [2.24, 2.45) is 0 Å². The molecule has 0 aliphatic heterocycles. The summed E-state index contributed by atoms with van der Waals surface area (Å²) in [4.78, 5) is 13.4. The average molecular weight is 320 g/mol. The van der Waals surface area contributed by atoms with E-state index in [1.165, 1.54) is 4.90 Å². The van der Waals surface area contributed by atoms with Crippen molar-refractivity contribution >= 4 is 33.3 Å². The maximum absolute atomic E-state index is 11.9. The number of benzene rings is 1. The Labute approximate surface area is 124 Å². The van der Waals surface area contributed by atoms with Crippen molar-refractivity contribution in [3.63, 3.8) is 0 Å². The minimum absolute atomic E-state index is 0.152. The number of alkyl halides is 1. The van der Waals surface area contributed by atoms with Crippen LogP contribution in [0.4, 0.5) is 5.69 Å². The number of para-hydroxylation sites is 1. The van der Waals surface area contributed by atoms with Crippen LogP contribution in [-0.2, 0) is 21.3 Å². The Hall–Kier alpha value is -1.11. The smallest absolute Gasteiger partial charge is 0.264 e. The zero-order valence-corrected chi connectivity index (χ0v) is 12.8. The standard InChI is InChI=1S/C13H18ClNO4S/c1-2-11-6-3-4-7-12(11)15(13(16)10-14)8-5-9-20(17,18)19/h3-4,6-7H,2,5,8-10H2,1H3,(H,17,18,19). The summed E-state index contributed by atoms with van der Waals surface area (Å²) < 4.78 is 30.2. The molecule has 0 unspecified atom stereocenters. The van der Waals surface area contributed by atoms with E-state index in [4.69, 9.17) is 16.2 Å². The molecule has 1 amide bonds. The second kappa shape index (κ2) is 7.61. The van der Waals surface area contributed by atoms with Crippen LogP contribution in [0.25, 0.3) is 0 Å². The minimum Gasteiger partial charge on any atom is -0.311 e. The third-order valence-corrected chi connectivity index (χ3v) is 3.90. The lowest BCUT2D eigenvalue weighted by molar-refractivity contribution is -0.116. The molecule has 1 aromatic rings. The Morgan fingerprint density at radius 2 is 2.00 bits per heavy atom. The van der Waals surface area contributed by atoms with Gasteiger partial charge in [-0.25, -0.2) is 0 Å². The van der Waals surface area contributed by atoms with Gasteiger partial charge in [-0.05, 0) is 24.5 Å². The summed E-state index contributed by atoms with van der Waals surface area (Å²) in [5.74, 6) is -0.847. The van der Waals surface area contributed by atoms with E-state index in [-0.39, 0.29) is 30.5 Å². The van der Waals surface area contributed by atoms with Gasteiger partial charge in [0.15, 0.2) is 0 Å². The Bertz CT molecular complexity index is 559. The molecule has 1 rings (SSSR count). The molecule has 0 radical (unpaired) electrons. The molecule has 5 nitrogen and oxygen atoms in total. The topological polar surface area (TPSA) is 74.7 Å². The van der Waals surface area contributed by atoms with Crippen LogP contribution < -0.4 is 4.90 Å². The predicted octanol–water partition coefficient (Wildman–Crippen LogP) is 2.10. The van der Waals surface area contributed by atoms with Crippen molar-refractivity contribution in [1.82, 2.24) is 0 Å². The predicted molar refractivity (Wildman–Crippen MR) is 79.9 cm³/mol. The summed E-state index contributed by atoms with van der Waals surface area (Å²) in [6, 6.07) is 7.40. The highest BCUT2D eigenvalue weighted by Gasteiger charge is 2.17. The molecule has 0 saturated heterocycles. The van der Waals surface area contributed by atoms with Crippen LogP contribution in [0, 0.1) is 0 Å². The number of hydrogen-bond acceptors (Lipinski definition) is 3. The number of nitrogens with zero attached hydrogens (tertiary/aromatic N) is 1. The van der Waals surface area contributed by atoms with Gasteiger partial charge in [-0.3, -0.25) is 9.35 Å². The lowest BCUT2D eigenvalue weighted by Gasteiger charge is -2.24. The molecule has 0 aliphatic rings. The quantitative estimate of drug-likeness (QED) is 0.617. The van der Waals surface area contributed by atoms with Gasteiger partial charge in [-0.15, -0.1) is 11.6 Å². The first-order valence-electron chi connectivity index (χ1n) is 6.28. The highest BCUT2D eigenvalue weighted by atomic mass is 35.5. The zero-order chi connectivity index (χ0) is 15.2. The SMILES string of the molecule is CCc1ccccc1N(CCCS(=O)(=O)O)C(=O)CCl. The monoisotopic (exact) mass is 319 g/mol. The number of carbonyl (C=O) groups excluding carboxylic acids is 1. The molecule has 0 fully saturated rings. The van der Waals surface area contributed by atoms with E-state index in [1.54, 1.807) is 6.07 Å². The maximum atomic E-state index is 11.9. The first-order valence-corrected chi connectivity index (χ1v) is 8.42. The van der Waals surface area contributed by atoms with E-state index < -0.39 is 10.1 Å². The Morgan fingerprint density at radius 1 is 1.35 bits per heavy atom. The Morgan fingerprint density at radius 3 is 2.55 bits per heavy atom. The number of halogens is 1. The first-order chi connectivity index (χ1) is 9.39. The Kier molecular flexibility index (Phi) is 6.45. The molecule has 20 heavy (non-hydrogen) atoms. The van der Waals surface area contributed by atoms with Gasteiger partial charge in [0.2, 0.25) is 5.91 Å². The van der Waals surface area contributed by atoms with Crippen LogP contribution in [0.1, 0.15) is 18.9 Å². The van der Waals surface area contributed by atoms with E-state index in [0.29, 0.717) is 0 Å². The summed E-state index contributed by atoms with van der Waals surface area (Å²) >= 11 is 5.60. The lowest BCUT2D eigenvalue weighted by atomic mass is 10.1. The largest absolute Gasteiger partial charge is 0.311 e. The third-order valence-electron chi connectivity index (χ3n) is 2.86.